The number of amides is 1. The number of aliphatic hydroxyl groups excluding tert-OH is 1. The Morgan fingerprint density at radius 1 is 1.08 bits per heavy atom. The number of carbonyl (C=O) groups excluding carboxylic acids is 1. The standard InChI is InChI=1S/C18H14ClNO4/c19-12-8-6-11(7-9-12)16-14(10-15(21)22)17(23)18(24)20(16)13-4-2-1-3-5-13/h1-9,16,23H,10H2,(H,21,22)/t16-/m0/s1. The molecule has 2 aromatic rings. The van der Waals surface area contributed by atoms with Crippen LogP contribution in [0.1, 0.15) is 18.0 Å². The van der Waals surface area contributed by atoms with E-state index in [1.165, 1.54) is 4.90 Å². The molecule has 5 nitrogen and oxygen atoms in total. The average molecular weight is 344 g/mol. The molecule has 6 heteroatoms. The third-order valence-electron chi connectivity index (χ3n) is 3.88. The van der Waals surface area contributed by atoms with Crippen molar-refractivity contribution in [1.82, 2.24) is 0 Å². The minimum Gasteiger partial charge on any atom is -0.503 e. The number of para-hydroxylation sites is 1. The quantitative estimate of drug-likeness (QED) is 0.887. The van der Waals surface area contributed by atoms with Gasteiger partial charge in [-0.2, -0.15) is 0 Å². The van der Waals surface area contributed by atoms with Crippen LogP contribution in [0.15, 0.2) is 65.9 Å². The van der Waals surface area contributed by atoms with Crippen LogP contribution in [0.5, 0.6) is 0 Å². The van der Waals surface area contributed by atoms with Crippen LogP contribution in [0, 0.1) is 0 Å². The number of aliphatic carboxylic acids is 1. The summed E-state index contributed by atoms with van der Waals surface area (Å²) in [6.07, 6.45) is -0.422. The van der Waals surface area contributed by atoms with Gasteiger partial charge in [-0.3, -0.25) is 14.5 Å². The summed E-state index contributed by atoms with van der Waals surface area (Å²) in [7, 11) is 0. The van der Waals surface area contributed by atoms with E-state index in [1.54, 1.807) is 48.5 Å². The summed E-state index contributed by atoms with van der Waals surface area (Å²) in [6.45, 7) is 0. The molecule has 122 valence electrons. The lowest BCUT2D eigenvalue weighted by molar-refractivity contribution is -0.136. The van der Waals surface area contributed by atoms with Gasteiger partial charge in [-0.25, -0.2) is 0 Å². The molecule has 1 heterocycles. The highest BCUT2D eigenvalue weighted by atomic mass is 35.5. The third kappa shape index (κ3) is 2.86. The Hall–Kier alpha value is -2.79. The van der Waals surface area contributed by atoms with Crippen molar-refractivity contribution in [3.05, 3.63) is 76.5 Å². The predicted octanol–water partition coefficient (Wildman–Crippen LogP) is 3.71. The van der Waals surface area contributed by atoms with Gasteiger partial charge in [-0.05, 0) is 29.8 Å². The zero-order chi connectivity index (χ0) is 17.3. The minimum absolute atomic E-state index is 0.165. The van der Waals surface area contributed by atoms with Crippen LogP contribution in [-0.4, -0.2) is 22.1 Å². The molecule has 0 spiro atoms. The van der Waals surface area contributed by atoms with Crippen LogP contribution < -0.4 is 4.90 Å². The summed E-state index contributed by atoms with van der Waals surface area (Å²) >= 11 is 5.91. The van der Waals surface area contributed by atoms with Crippen molar-refractivity contribution in [1.29, 1.82) is 0 Å². The van der Waals surface area contributed by atoms with Crippen molar-refractivity contribution >= 4 is 29.2 Å². The SMILES string of the molecule is O=C(O)CC1=C(O)C(=O)N(c2ccccc2)[C@H]1c1ccc(Cl)cc1. The first kappa shape index (κ1) is 16.1. The fourth-order valence-electron chi connectivity index (χ4n) is 2.85. The van der Waals surface area contributed by atoms with E-state index >= 15 is 0 Å². The van der Waals surface area contributed by atoms with Crippen molar-refractivity contribution in [2.75, 3.05) is 4.90 Å². The van der Waals surface area contributed by atoms with Gasteiger partial charge in [0, 0.05) is 16.3 Å². The Morgan fingerprint density at radius 2 is 1.71 bits per heavy atom. The second-order valence-electron chi connectivity index (χ2n) is 5.41. The average Bonchev–Trinajstić information content (AvgIpc) is 2.81. The molecule has 0 aromatic heterocycles. The molecule has 0 radical (unpaired) electrons. The zero-order valence-electron chi connectivity index (χ0n) is 12.5. The van der Waals surface area contributed by atoms with Gasteiger partial charge in [0.05, 0.1) is 12.5 Å². The lowest BCUT2D eigenvalue weighted by Crippen LogP contribution is -2.30. The van der Waals surface area contributed by atoms with E-state index in [1.807, 2.05) is 6.07 Å². The van der Waals surface area contributed by atoms with Gasteiger partial charge in [0.25, 0.3) is 5.91 Å². The van der Waals surface area contributed by atoms with Crippen LogP contribution in [-0.2, 0) is 9.59 Å². The van der Waals surface area contributed by atoms with E-state index in [0.29, 0.717) is 16.3 Å². The highest BCUT2D eigenvalue weighted by Gasteiger charge is 2.41. The number of carbonyl (C=O) groups is 2. The number of aliphatic hydroxyl groups is 1. The second kappa shape index (κ2) is 6.37. The molecule has 0 aliphatic carbocycles. The van der Waals surface area contributed by atoms with E-state index in [0.717, 1.165) is 0 Å². The normalized spacial score (nSPS) is 17.5. The topological polar surface area (TPSA) is 77.8 Å². The highest BCUT2D eigenvalue weighted by Crippen LogP contribution is 2.41. The van der Waals surface area contributed by atoms with Gasteiger partial charge >= 0.3 is 5.97 Å². The van der Waals surface area contributed by atoms with Crippen molar-refractivity contribution in [3.63, 3.8) is 0 Å². The molecule has 0 unspecified atom stereocenters. The first-order valence-electron chi connectivity index (χ1n) is 7.27. The maximum absolute atomic E-state index is 12.5. The number of hydrogen-bond donors (Lipinski definition) is 2. The van der Waals surface area contributed by atoms with E-state index < -0.39 is 30.1 Å². The van der Waals surface area contributed by atoms with E-state index in [4.69, 9.17) is 16.7 Å². The smallest absolute Gasteiger partial charge is 0.307 e. The molecule has 0 saturated heterocycles. The number of nitrogens with zero attached hydrogens (tertiary/aromatic N) is 1. The number of carboxylic acids is 1. The van der Waals surface area contributed by atoms with Gasteiger partial charge in [0.1, 0.15) is 0 Å². The molecule has 0 saturated carbocycles. The molecule has 0 fully saturated rings. The van der Waals surface area contributed by atoms with E-state index in [9.17, 15) is 14.7 Å². The lowest BCUT2D eigenvalue weighted by Gasteiger charge is -2.27. The molecule has 3 rings (SSSR count). The Bertz CT molecular complexity index is 815. The van der Waals surface area contributed by atoms with Crippen molar-refractivity contribution in [2.45, 2.75) is 12.5 Å². The molecular formula is C18H14ClNO4. The molecule has 1 atom stereocenters. The molecule has 2 aromatic carbocycles. The molecular weight excluding hydrogens is 330 g/mol. The number of benzene rings is 2. The lowest BCUT2D eigenvalue weighted by atomic mass is 9.96. The van der Waals surface area contributed by atoms with Gasteiger partial charge in [0.2, 0.25) is 0 Å². The fourth-order valence-corrected chi connectivity index (χ4v) is 2.97. The minimum atomic E-state index is -1.11. The van der Waals surface area contributed by atoms with Crippen LogP contribution in [0.4, 0.5) is 5.69 Å². The summed E-state index contributed by atoms with van der Waals surface area (Å²) in [5.74, 6) is -2.24. The van der Waals surface area contributed by atoms with Crippen molar-refractivity contribution in [2.24, 2.45) is 0 Å². The monoisotopic (exact) mass is 343 g/mol. The Labute approximate surface area is 143 Å². The highest BCUT2D eigenvalue weighted by molar-refractivity contribution is 6.30. The maximum atomic E-state index is 12.5. The summed E-state index contributed by atoms with van der Waals surface area (Å²) in [5.41, 5.74) is 1.42. The molecule has 1 aliphatic heterocycles. The van der Waals surface area contributed by atoms with E-state index in [2.05, 4.69) is 0 Å². The number of anilines is 1. The largest absolute Gasteiger partial charge is 0.503 e. The first-order chi connectivity index (χ1) is 11.5. The summed E-state index contributed by atoms with van der Waals surface area (Å²) in [6, 6.07) is 14.9. The molecule has 1 aliphatic rings. The number of carboxylic acid groups (broad SMARTS) is 1. The predicted molar refractivity (Wildman–Crippen MR) is 90.0 cm³/mol. The van der Waals surface area contributed by atoms with Crippen LogP contribution in [0.2, 0.25) is 5.02 Å². The maximum Gasteiger partial charge on any atom is 0.307 e. The molecule has 0 bridgehead atoms. The van der Waals surface area contributed by atoms with Crippen molar-refractivity contribution < 1.29 is 19.8 Å². The van der Waals surface area contributed by atoms with Crippen LogP contribution in [0.3, 0.4) is 0 Å². The molecule has 24 heavy (non-hydrogen) atoms. The second-order valence-corrected chi connectivity index (χ2v) is 5.85. The Kier molecular flexibility index (Phi) is 4.27. The van der Waals surface area contributed by atoms with Crippen molar-refractivity contribution in [3.8, 4) is 0 Å². The van der Waals surface area contributed by atoms with Crippen LogP contribution in [0.25, 0.3) is 0 Å². The summed E-state index contributed by atoms with van der Waals surface area (Å²) in [5, 5.41) is 19.9. The fraction of sp³-hybridized carbons (Fsp3) is 0.111. The number of halogens is 1. The summed E-state index contributed by atoms with van der Waals surface area (Å²) < 4.78 is 0. The summed E-state index contributed by atoms with van der Waals surface area (Å²) in [4.78, 5) is 25.1. The van der Waals surface area contributed by atoms with Gasteiger partial charge < -0.3 is 10.2 Å². The van der Waals surface area contributed by atoms with E-state index in [-0.39, 0.29) is 5.57 Å². The Morgan fingerprint density at radius 3 is 2.29 bits per heavy atom. The molecule has 2 N–H and O–H groups in total. The number of rotatable bonds is 4. The third-order valence-corrected chi connectivity index (χ3v) is 4.13. The van der Waals surface area contributed by atoms with Gasteiger partial charge in [0.15, 0.2) is 5.76 Å². The zero-order valence-corrected chi connectivity index (χ0v) is 13.3. The first-order valence-corrected chi connectivity index (χ1v) is 7.64. The Balaban J connectivity index is 2.13. The van der Waals surface area contributed by atoms with Crippen LogP contribution >= 0.6 is 11.6 Å². The van der Waals surface area contributed by atoms with Gasteiger partial charge in [-0.1, -0.05) is 41.9 Å². The molecule has 1 amide bonds. The van der Waals surface area contributed by atoms with Gasteiger partial charge in [-0.15, -0.1) is 0 Å². The number of hydrogen-bond acceptors (Lipinski definition) is 3.